The molecule has 0 aliphatic carbocycles. The molecule has 0 aromatic heterocycles. The smallest absolute Gasteiger partial charge is 0.326 e. The molecule has 1 aliphatic heterocycles. The Labute approximate surface area is 277 Å². The molecule has 0 spiro atoms. The molecule has 14 heteroatoms. The molecular weight excluding hydrogens is 612 g/mol. The molecule has 1 aromatic carbocycles. The van der Waals surface area contributed by atoms with E-state index >= 15 is 0 Å². The second-order valence-corrected chi connectivity index (χ2v) is 11.9. The Morgan fingerprint density at radius 3 is 2.24 bits per heavy atom. The molecule has 8 N–H and O–H groups in total. The normalized spacial score (nSPS) is 15.2. The number of amides is 4. The van der Waals surface area contributed by atoms with Gasteiger partial charge in [0.05, 0.1) is 13.2 Å². The molecular formula is C32H52N6O7S. The predicted molar refractivity (Wildman–Crippen MR) is 179 cm³/mol. The predicted octanol–water partition coefficient (Wildman–Crippen LogP) is 0.902. The quantitative estimate of drug-likeness (QED) is 0.0655. The molecule has 258 valence electrons. The van der Waals surface area contributed by atoms with Gasteiger partial charge in [0, 0.05) is 18.6 Å². The maximum atomic E-state index is 13.3. The fourth-order valence-corrected chi connectivity index (χ4v) is 5.36. The number of piperidine rings is 1. The molecule has 0 radical (unpaired) electrons. The van der Waals surface area contributed by atoms with Crippen LogP contribution >= 0.6 is 12.6 Å². The number of carboxylic acid groups (broad SMARTS) is 1. The van der Waals surface area contributed by atoms with Crippen molar-refractivity contribution in [2.75, 3.05) is 38.5 Å². The van der Waals surface area contributed by atoms with Crippen molar-refractivity contribution < 1.29 is 33.8 Å². The van der Waals surface area contributed by atoms with E-state index in [1.807, 2.05) is 0 Å². The zero-order valence-electron chi connectivity index (χ0n) is 26.9. The lowest BCUT2D eigenvalue weighted by Gasteiger charge is -2.24. The number of nitrogens with two attached hydrogens (primary N) is 1. The van der Waals surface area contributed by atoms with E-state index in [-0.39, 0.29) is 37.5 Å². The highest BCUT2D eigenvalue weighted by atomic mass is 32.1. The first kappa shape index (κ1) is 38.8. The van der Waals surface area contributed by atoms with Gasteiger partial charge in [-0.1, -0.05) is 25.5 Å². The fraction of sp³-hybridized carbons (Fsp3) is 0.656. The molecule has 3 unspecified atom stereocenters. The van der Waals surface area contributed by atoms with Crippen LogP contribution in [0.3, 0.4) is 0 Å². The molecule has 0 bridgehead atoms. The number of benzene rings is 1. The van der Waals surface area contributed by atoms with E-state index in [0.717, 1.165) is 31.8 Å². The van der Waals surface area contributed by atoms with Gasteiger partial charge in [-0.05, 0) is 88.2 Å². The third-order valence-corrected chi connectivity index (χ3v) is 8.26. The van der Waals surface area contributed by atoms with Gasteiger partial charge >= 0.3 is 5.97 Å². The van der Waals surface area contributed by atoms with Crippen LogP contribution in [-0.2, 0) is 30.4 Å². The SMILES string of the molecule is CCC(=O)NCC(=O)NC(CS)C(=O)NC(CCCCN)C(=O)NC(Cc1ccc(OCCCCC2CCNCC2)cc1)C(=O)O. The second-order valence-electron chi connectivity index (χ2n) is 11.6. The van der Waals surface area contributed by atoms with Gasteiger partial charge in [0.25, 0.3) is 0 Å². The number of carbonyl (C=O) groups excluding carboxylic acids is 4. The van der Waals surface area contributed by atoms with Crippen molar-refractivity contribution in [1.82, 2.24) is 26.6 Å². The van der Waals surface area contributed by atoms with Crippen LogP contribution in [0.15, 0.2) is 24.3 Å². The number of rotatable bonds is 22. The second kappa shape index (κ2) is 22.2. The number of hydrogen-bond donors (Lipinski definition) is 8. The zero-order chi connectivity index (χ0) is 33.7. The van der Waals surface area contributed by atoms with Crippen LogP contribution in [0.25, 0.3) is 0 Å². The third-order valence-electron chi connectivity index (χ3n) is 7.89. The fourth-order valence-electron chi connectivity index (χ4n) is 5.10. The van der Waals surface area contributed by atoms with Crippen molar-refractivity contribution in [2.24, 2.45) is 11.7 Å². The van der Waals surface area contributed by atoms with Crippen LogP contribution in [0, 0.1) is 5.92 Å². The summed E-state index contributed by atoms with van der Waals surface area (Å²) in [6, 6.07) is 3.74. The molecule has 1 aromatic rings. The summed E-state index contributed by atoms with van der Waals surface area (Å²) in [4.78, 5) is 62.0. The Balaban J connectivity index is 1.91. The maximum absolute atomic E-state index is 13.3. The summed E-state index contributed by atoms with van der Waals surface area (Å²) in [7, 11) is 0. The van der Waals surface area contributed by atoms with Crippen molar-refractivity contribution in [2.45, 2.75) is 89.3 Å². The van der Waals surface area contributed by atoms with Crippen LogP contribution in [0.5, 0.6) is 5.75 Å². The number of ether oxygens (including phenoxy) is 1. The van der Waals surface area contributed by atoms with Crippen molar-refractivity contribution in [1.29, 1.82) is 0 Å². The number of thiol groups is 1. The average molecular weight is 665 g/mol. The summed E-state index contributed by atoms with van der Waals surface area (Å²) in [6.07, 6.45) is 7.34. The minimum absolute atomic E-state index is 0.0276. The minimum Gasteiger partial charge on any atom is -0.494 e. The van der Waals surface area contributed by atoms with Gasteiger partial charge in [-0.3, -0.25) is 19.2 Å². The molecule has 3 atom stereocenters. The van der Waals surface area contributed by atoms with Gasteiger partial charge in [-0.15, -0.1) is 0 Å². The van der Waals surface area contributed by atoms with E-state index in [2.05, 4.69) is 39.2 Å². The molecule has 0 saturated carbocycles. The van der Waals surface area contributed by atoms with Gasteiger partial charge in [0.15, 0.2) is 0 Å². The van der Waals surface area contributed by atoms with Gasteiger partial charge in [0.1, 0.15) is 23.9 Å². The van der Waals surface area contributed by atoms with Crippen molar-refractivity contribution in [3.63, 3.8) is 0 Å². The number of unbranched alkanes of at least 4 members (excludes halogenated alkanes) is 2. The molecule has 1 fully saturated rings. The third kappa shape index (κ3) is 15.3. The number of nitrogens with one attached hydrogen (secondary N) is 5. The first-order chi connectivity index (χ1) is 22.2. The Hall–Kier alpha value is -3.36. The van der Waals surface area contributed by atoms with E-state index in [9.17, 15) is 29.1 Å². The first-order valence-corrected chi connectivity index (χ1v) is 16.9. The molecule has 1 heterocycles. The maximum Gasteiger partial charge on any atom is 0.326 e. The summed E-state index contributed by atoms with van der Waals surface area (Å²) >= 11 is 4.14. The molecule has 1 saturated heterocycles. The highest BCUT2D eigenvalue weighted by Gasteiger charge is 2.29. The summed E-state index contributed by atoms with van der Waals surface area (Å²) in [6.45, 7) is 4.54. The van der Waals surface area contributed by atoms with Crippen molar-refractivity contribution in [3.05, 3.63) is 29.8 Å². The first-order valence-electron chi connectivity index (χ1n) is 16.3. The number of carbonyl (C=O) groups is 5. The van der Waals surface area contributed by atoms with E-state index in [4.69, 9.17) is 10.5 Å². The summed E-state index contributed by atoms with van der Waals surface area (Å²) < 4.78 is 5.87. The van der Waals surface area contributed by atoms with Crippen LogP contribution in [-0.4, -0.2) is 91.4 Å². The molecule has 1 aliphatic rings. The Bertz CT molecular complexity index is 1100. The van der Waals surface area contributed by atoms with Crippen molar-refractivity contribution in [3.8, 4) is 5.75 Å². The van der Waals surface area contributed by atoms with E-state index in [0.29, 0.717) is 37.3 Å². The van der Waals surface area contributed by atoms with Crippen LogP contribution < -0.4 is 37.1 Å². The largest absolute Gasteiger partial charge is 0.494 e. The highest BCUT2D eigenvalue weighted by Crippen LogP contribution is 2.19. The van der Waals surface area contributed by atoms with Gasteiger partial charge < -0.3 is 42.2 Å². The Morgan fingerprint density at radius 2 is 1.61 bits per heavy atom. The number of aliphatic carboxylic acids is 1. The highest BCUT2D eigenvalue weighted by molar-refractivity contribution is 7.80. The standard InChI is InChI=1S/C32H52N6O7S/c1-2-28(39)35-20-29(40)36-27(21-46)31(42)37-25(8-3-5-15-33)30(41)38-26(32(43)44)19-23-9-11-24(12-10-23)45-18-6-4-7-22-13-16-34-17-14-22/h9-12,22,25-27,34,46H,2-8,13-21,33H2,1H3,(H,35,39)(H,36,40)(H,37,42)(H,38,41)(H,43,44). The van der Waals surface area contributed by atoms with Gasteiger partial charge in [-0.2, -0.15) is 12.6 Å². The lowest BCUT2D eigenvalue weighted by Crippen LogP contribution is -2.57. The molecule has 4 amide bonds. The van der Waals surface area contributed by atoms with Crippen LogP contribution in [0.1, 0.15) is 70.3 Å². The minimum atomic E-state index is -1.24. The summed E-state index contributed by atoms with van der Waals surface area (Å²) in [5.74, 6) is -2.02. The Morgan fingerprint density at radius 1 is 0.935 bits per heavy atom. The van der Waals surface area contributed by atoms with Crippen LogP contribution in [0.4, 0.5) is 0 Å². The number of carboxylic acids is 1. The number of hydrogen-bond acceptors (Lipinski definition) is 9. The van der Waals surface area contributed by atoms with Crippen LogP contribution in [0.2, 0.25) is 0 Å². The molecule has 13 nitrogen and oxygen atoms in total. The van der Waals surface area contributed by atoms with Gasteiger partial charge in [0.2, 0.25) is 23.6 Å². The monoisotopic (exact) mass is 664 g/mol. The topological polar surface area (TPSA) is 201 Å². The lowest BCUT2D eigenvalue weighted by molar-refractivity contribution is -0.142. The lowest BCUT2D eigenvalue weighted by atomic mass is 9.93. The van der Waals surface area contributed by atoms with E-state index in [1.165, 1.54) is 19.3 Å². The average Bonchev–Trinajstić information content (AvgIpc) is 3.06. The molecule has 2 rings (SSSR count). The van der Waals surface area contributed by atoms with Gasteiger partial charge in [-0.25, -0.2) is 4.79 Å². The summed E-state index contributed by atoms with van der Waals surface area (Å²) in [5.41, 5.74) is 6.29. The van der Waals surface area contributed by atoms with E-state index in [1.54, 1.807) is 31.2 Å². The Kier molecular flexibility index (Phi) is 18.7. The van der Waals surface area contributed by atoms with E-state index < -0.39 is 41.8 Å². The summed E-state index contributed by atoms with van der Waals surface area (Å²) in [5, 5.41) is 23.3. The molecule has 46 heavy (non-hydrogen) atoms. The van der Waals surface area contributed by atoms with Crippen molar-refractivity contribution >= 4 is 42.2 Å². The zero-order valence-corrected chi connectivity index (χ0v) is 27.7.